The van der Waals surface area contributed by atoms with Gasteiger partial charge in [0.1, 0.15) is 6.10 Å². The average Bonchev–Trinajstić information content (AvgIpc) is 2.38. The number of esters is 1. The molecular weight excluding hydrogens is 272 g/mol. The van der Waals surface area contributed by atoms with E-state index in [-0.39, 0.29) is 12.1 Å². The molecule has 3 heteroatoms. The third-order valence-electron chi connectivity index (χ3n) is 4.28. The van der Waals surface area contributed by atoms with Crippen molar-refractivity contribution in [1.29, 1.82) is 0 Å². The number of halogens is 1. The Morgan fingerprint density at radius 2 is 2.10 bits per heavy atom. The largest absolute Gasteiger partial charge is 0.458 e. The number of carbonyl (C=O) groups excluding carboxylic acids is 1. The fraction of sp³-hybridized carbons (Fsp3) is 0.588. The fourth-order valence-electron chi connectivity index (χ4n) is 3.07. The molecule has 2 nitrogen and oxygen atoms in total. The van der Waals surface area contributed by atoms with Crippen LogP contribution in [0, 0.1) is 17.8 Å². The molecule has 110 valence electrons. The topological polar surface area (TPSA) is 26.3 Å². The minimum atomic E-state index is -0.253. The molecule has 2 rings (SSSR count). The first-order chi connectivity index (χ1) is 9.47. The summed E-state index contributed by atoms with van der Waals surface area (Å²) in [7, 11) is 0. The number of hydrogen-bond donors (Lipinski definition) is 0. The summed E-state index contributed by atoms with van der Waals surface area (Å²) in [6.45, 7) is 6.65. The monoisotopic (exact) mass is 294 g/mol. The van der Waals surface area contributed by atoms with E-state index in [0.717, 1.165) is 12.8 Å². The molecule has 0 radical (unpaired) electrons. The minimum absolute atomic E-state index is 0.0326. The van der Waals surface area contributed by atoms with Crippen LogP contribution in [0.3, 0.4) is 0 Å². The maximum atomic E-state index is 12.3. The van der Waals surface area contributed by atoms with E-state index in [1.165, 1.54) is 6.42 Å². The molecule has 1 fully saturated rings. The second-order valence-electron chi connectivity index (χ2n) is 6.28. The molecular formula is C17H23ClO2. The summed E-state index contributed by atoms with van der Waals surface area (Å²) in [4.78, 5) is 12.3. The van der Waals surface area contributed by atoms with Crippen molar-refractivity contribution >= 4 is 17.6 Å². The zero-order valence-electron chi connectivity index (χ0n) is 12.4. The number of carbonyl (C=O) groups is 1. The van der Waals surface area contributed by atoms with Gasteiger partial charge in [-0.15, -0.1) is 0 Å². The molecule has 1 aliphatic rings. The van der Waals surface area contributed by atoms with Crippen LogP contribution in [0.4, 0.5) is 0 Å². The average molecular weight is 295 g/mol. The van der Waals surface area contributed by atoms with Gasteiger partial charge in [0.15, 0.2) is 0 Å². The molecule has 1 aliphatic carbocycles. The van der Waals surface area contributed by atoms with Crippen molar-refractivity contribution in [1.82, 2.24) is 0 Å². The lowest BCUT2D eigenvalue weighted by Gasteiger charge is -2.36. The van der Waals surface area contributed by atoms with Crippen LogP contribution in [-0.4, -0.2) is 12.1 Å². The van der Waals surface area contributed by atoms with Crippen LogP contribution in [0.25, 0.3) is 0 Å². The van der Waals surface area contributed by atoms with Gasteiger partial charge in [-0.05, 0) is 48.8 Å². The first kappa shape index (κ1) is 15.4. The van der Waals surface area contributed by atoms with Gasteiger partial charge in [0.2, 0.25) is 0 Å². The molecule has 1 saturated carbocycles. The Morgan fingerprint density at radius 1 is 1.35 bits per heavy atom. The summed E-state index contributed by atoms with van der Waals surface area (Å²) < 4.78 is 5.78. The van der Waals surface area contributed by atoms with Crippen LogP contribution in [-0.2, 0) is 4.74 Å². The lowest BCUT2D eigenvalue weighted by Crippen LogP contribution is -2.35. The van der Waals surface area contributed by atoms with Crippen LogP contribution in [0.1, 0.15) is 50.4 Å². The van der Waals surface area contributed by atoms with Gasteiger partial charge in [0.05, 0.1) is 5.56 Å². The fourth-order valence-corrected chi connectivity index (χ4v) is 3.26. The van der Waals surface area contributed by atoms with E-state index in [0.29, 0.717) is 28.3 Å². The molecule has 0 N–H and O–H groups in total. The van der Waals surface area contributed by atoms with E-state index in [1.807, 2.05) is 0 Å². The van der Waals surface area contributed by atoms with Gasteiger partial charge in [0, 0.05) is 5.02 Å². The van der Waals surface area contributed by atoms with E-state index < -0.39 is 0 Å². The molecule has 0 amide bonds. The van der Waals surface area contributed by atoms with Gasteiger partial charge < -0.3 is 4.74 Å². The van der Waals surface area contributed by atoms with Crippen LogP contribution >= 0.6 is 11.6 Å². The third-order valence-corrected chi connectivity index (χ3v) is 4.52. The Hall–Kier alpha value is -1.02. The van der Waals surface area contributed by atoms with Crippen molar-refractivity contribution < 1.29 is 9.53 Å². The van der Waals surface area contributed by atoms with Gasteiger partial charge in [-0.2, -0.15) is 0 Å². The number of rotatable bonds is 3. The highest BCUT2D eigenvalue weighted by Gasteiger charge is 2.33. The first-order valence-electron chi connectivity index (χ1n) is 7.44. The summed E-state index contributed by atoms with van der Waals surface area (Å²) in [5.41, 5.74) is 0.540. The van der Waals surface area contributed by atoms with Gasteiger partial charge in [-0.3, -0.25) is 0 Å². The molecule has 0 aromatic heterocycles. The highest BCUT2D eigenvalue weighted by molar-refractivity contribution is 6.30. The number of benzene rings is 1. The molecule has 0 saturated heterocycles. The number of hydrogen-bond acceptors (Lipinski definition) is 2. The van der Waals surface area contributed by atoms with E-state index in [4.69, 9.17) is 16.3 Å². The molecule has 0 aliphatic heterocycles. The van der Waals surface area contributed by atoms with Gasteiger partial charge in [-0.25, -0.2) is 4.79 Å². The quantitative estimate of drug-likeness (QED) is 0.737. The van der Waals surface area contributed by atoms with Gasteiger partial charge >= 0.3 is 5.97 Å². The molecule has 0 bridgehead atoms. The van der Waals surface area contributed by atoms with Crippen molar-refractivity contribution in [2.24, 2.45) is 17.8 Å². The Kier molecular flexibility index (Phi) is 5.09. The van der Waals surface area contributed by atoms with Crippen molar-refractivity contribution in [3.8, 4) is 0 Å². The summed E-state index contributed by atoms with van der Waals surface area (Å²) >= 11 is 5.93. The normalized spacial score (nSPS) is 26.6. The second-order valence-corrected chi connectivity index (χ2v) is 6.72. The van der Waals surface area contributed by atoms with E-state index in [2.05, 4.69) is 20.8 Å². The lowest BCUT2D eigenvalue weighted by atomic mass is 9.75. The smallest absolute Gasteiger partial charge is 0.338 e. The molecule has 3 atom stereocenters. The lowest BCUT2D eigenvalue weighted by molar-refractivity contribution is -0.0174. The van der Waals surface area contributed by atoms with Crippen molar-refractivity contribution in [2.75, 3.05) is 0 Å². The van der Waals surface area contributed by atoms with E-state index in [9.17, 15) is 4.79 Å². The van der Waals surface area contributed by atoms with Gasteiger partial charge in [0.25, 0.3) is 0 Å². The first-order valence-corrected chi connectivity index (χ1v) is 7.81. The molecule has 1 aromatic rings. The predicted octanol–water partition coefficient (Wildman–Crippen LogP) is 4.96. The van der Waals surface area contributed by atoms with Gasteiger partial charge in [-0.1, -0.05) is 44.9 Å². The van der Waals surface area contributed by atoms with Crippen LogP contribution in [0.5, 0.6) is 0 Å². The molecule has 0 unspecified atom stereocenters. The van der Waals surface area contributed by atoms with Crippen LogP contribution in [0.2, 0.25) is 5.02 Å². The highest BCUT2D eigenvalue weighted by atomic mass is 35.5. The van der Waals surface area contributed by atoms with Crippen LogP contribution in [0.15, 0.2) is 24.3 Å². The third kappa shape index (κ3) is 3.76. The molecule has 1 aromatic carbocycles. The van der Waals surface area contributed by atoms with E-state index >= 15 is 0 Å². The predicted molar refractivity (Wildman–Crippen MR) is 82.0 cm³/mol. The van der Waals surface area contributed by atoms with Crippen molar-refractivity contribution in [3.05, 3.63) is 34.9 Å². The SMILES string of the molecule is CC(C)[C@@H]1CC[C@@H](C)C[C@H]1OC(=O)c1cccc(Cl)c1. The highest BCUT2D eigenvalue weighted by Crippen LogP contribution is 2.35. The Bertz CT molecular complexity index is 470. The summed E-state index contributed by atoms with van der Waals surface area (Å²) in [6.07, 6.45) is 3.38. The Labute approximate surface area is 126 Å². The molecule has 0 spiro atoms. The molecule has 20 heavy (non-hydrogen) atoms. The maximum Gasteiger partial charge on any atom is 0.338 e. The standard InChI is InChI=1S/C17H23ClO2/c1-11(2)15-8-7-12(3)9-16(15)20-17(19)13-5-4-6-14(18)10-13/h4-6,10-12,15-16H,7-9H2,1-3H3/t12-,15+,16-/m1/s1. The Morgan fingerprint density at radius 3 is 2.75 bits per heavy atom. The zero-order valence-corrected chi connectivity index (χ0v) is 13.2. The van der Waals surface area contributed by atoms with Crippen molar-refractivity contribution in [2.45, 2.75) is 46.1 Å². The maximum absolute atomic E-state index is 12.3. The van der Waals surface area contributed by atoms with Crippen LogP contribution < -0.4 is 0 Å². The summed E-state index contributed by atoms with van der Waals surface area (Å²) in [5, 5.41) is 0.567. The summed E-state index contributed by atoms with van der Waals surface area (Å²) in [6, 6.07) is 6.96. The molecule has 0 heterocycles. The van der Waals surface area contributed by atoms with E-state index in [1.54, 1.807) is 24.3 Å². The minimum Gasteiger partial charge on any atom is -0.458 e. The number of ether oxygens (including phenoxy) is 1. The zero-order chi connectivity index (χ0) is 14.7. The Balaban J connectivity index is 2.08. The summed E-state index contributed by atoms with van der Waals surface area (Å²) in [5.74, 6) is 1.38. The van der Waals surface area contributed by atoms with Crippen molar-refractivity contribution in [3.63, 3.8) is 0 Å². The second kappa shape index (κ2) is 6.62.